The number of nitrogens with zero attached hydrogens (tertiary/aromatic N) is 4. The van der Waals surface area contributed by atoms with Gasteiger partial charge in [-0.25, -0.2) is 9.50 Å². The smallest absolute Gasteiger partial charge is 0.145 e. The topological polar surface area (TPSA) is 76.4 Å². The molecule has 3 aromatic heterocycles. The molecule has 3 aromatic rings. The lowest BCUT2D eigenvalue weighted by Crippen LogP contribution is -2.26. The SMILES string of the molecule is COCC1CC(Nc2cncc(-c3cnn4ccccc34)n2)CN1. The van der Waals surface area contributed by atoms with Crippen molar-refractivity contribution in [3.8, 4) is 11.3 Å². The molecular formula is C17H20N6O. The first-order valence-electron chi connectivity index (χ1n) is 8.07. The summed E-state index contributed by atoms with van der Waals surface area (Å²) in [6, 6.07) is 6.70. The molecule has 0 bridgehead atoms. The average Bonchev–Trinajstić information content (AvgIpc) is 3.22. The van der Waals surface area contributed by atoms with Crippen LogP contribution in [0.1, 0.15) is 6.42 Å². The molecule has 24 heavy (non-hydrogen) atoms. The van der Waals surface area contributed by atoms with E-state index >= 15 is 0 Å². The highest BCUT2D eigenvalue weighted by molar-refractivity contribution is 5.77. The maximum Gasteiger partial charge on any atom is 0.145 e. The molecule has 0 aromatic carbocycles. The van der Waals surface area contributed by atoms with E-state index in [0.29, 0.717) is 12.1 Å². The molecule has 7 heteroatoms. The minimum absolute atomic E-state index is 0.332. The van der Waals surface area contributed by atoms with Crippen LogP contribution >= 0.6 is 0 Å². The Balaban J connectivity index is 1.54. The van der Waals surface area contributed by atoms with E-state index in [1.54, 1.807) is 19.5 Å². The van der Waals surface area contributed by atoms with E-state index in [-0.39, 0.29) is 0 Å². The summed E-state index contributed by atoms with van der Waals surface area (Å²) < 4.78 is 7.05. The van der Waals surface area contributed by atoms with Gasteiger partial charge in [0.15, 0.2) is 0 Å². The van der Waals surface area contributed by atoms with Crippen LogP contribution in [0.2, 0.25) is 0 Å². The standard InChI is InChI=1S/C17H20N6O/c1-24-11-13-6-12(7-19-13)21-17-10-18-9-15(22-17)14-8-20-23-5-3-2-4-16(14)23/h2-5,8-10,12-13,19H,6-7,11H2,1H3,(H,21,22). The van der Waals surface area contributed by atoms with Crippen molar-refractivity contribution in [1.29, 1.82) is 0 Å². The van der Waals surface area contributed by atoms with Gasteiger partial charge in [-0.05, 0) is 18.6 Å². The number of ether oxygens (including phenoxy) is 1. The van der Waals surface area contributed by atoms with Crippen LogP contribution in [0.3, 0.4) is 0 Å². The summed E-state index contributed by atoms with van der Waals surface area (Å²) in [6.07, 6.45) is 8.30. The van der Waals surface area contributed by atoms with Crippen molar-refractivity contribution < 1.29 is 4.74 Å². The van der Waals surface area contributed by atoms with Crippen molar-refractivity contribution >= 4 is 11.3 Å². The van der Waals surface area contributed by atoms with Gasteiger partial charge in [0.1, 0.15) is 5.82 Å². The van der Waals surface area contributed by atoms with Gasteiger partial charge < -0.3 is 15.4 Å². The van der Waals surface area contributed by atoms with E-state index in [1.165, 1.54) is 0 Å². The van der Waals surface area contributed by atoms with Gasteiger partial charge in [-0.2, -0.15) is 5.10 Å². The Labute approximate surface area is 140 Å². The average molecular weight is 324 g/mol. The fraction of sp³-hybridized carbons (Fsp3) is 0.353. The molecule has 0 spiro atoms. The third-order valence-electron chi connectivity index (χ3n) is 4.28. The lowest BCUT2D eigenvalue weighted by molar-refractivity contribution is 0.173. The summed E-state index contributed by atoms with van der Waals surface area (Å²) in [6.45, 7) is 1.63. The van der Waals surface area contributed by atoms with Gasteiger partial charge in [-0.3, -0.25) is 4.98 Å². The molecule has 0 amide bonds. The van der Waals surface area contributed by atoms with Crippen LogP contribution in [0.5, 0.6) is 0 Å². The summed E-state index contributed by atoms with van der Waals surface area (Å²) >= 11 is 0. The third-order valence-corrected chi connectivity index (χ3v) is 4.28. The fourth-order valence-electron chi connectivity index (χ4n) is 3.16. The van der Waals surface area contributed by atoms with Crippen molar-refractivity contribution in [2.24, 2.45) is 0 Å². The van der Waals surface area contributed by atoms with E-state index in [1.807, 2.05) is 35.1 Å². The van der Waals surface area contributed by atoms with Gasteiger partial charge in [0.25, 0.3) is 0 Å². The number of methoxy groups -OCH3 is 1. The minimum atomic E-state index is 0.332. The number of hydrogen-bond donors (Lipinski definition) is 2. The van der Waals surface area contributed by atoms with Crippen molar-refractivity contribution in [3.63, 3.8) is 0 Å². The molecule has 4 heterocycles. The molecule has 0 radical (unpaired) electrons. The molecule has 124 valence electrons. The van der Waals surface area contributed by atoms with E-state index in [0.717, 1.165) is 42.2 Å². The Morgan fingerprint density at radius 3 is 3.21 bits per heavy atom. The zero-order valence-electron chi connectivity index (χ0n) is 13.5. The predicted molar refractivity (Wildman–Crippen MR) is 91.9 cm³/mol. The normalized spacial score (nSPS) is 20.5. The van der Waals surface area contributed by atoms with Crippen LogP contribution < -0.4 is 10.6 Å². The maximum atomic E-state index is 5.21. The predicted octanol–water partition coefficient (Wildman–Crippen LogP) is 1.58. The number of fused-ring (bicyclic) bond motifs is 1. The summed E-state index contributed by atoms with van der Waals surface area (Å²) in [5.74, 6) is 0.785. The second-order valence-corrected chi connectivity index (χ2v) is 6.02. The molecule has 0 aliphatic carbocycles. The number of aromatic nitrogens is 4. The molecule has 0 saturated carbocycles. The van der Waals surface area contributed by atoms with Gasteiger partial charge in [-0.1, -0.05) is 6.07 Å². The first-order valence-corrected chi connectivity index (χ1v) is 8.07. The number of pyridine rings is 1. The van der Waals surface area contributed by atoms with Gasteiger partial charge in [-0.15, -0.1) is 0 Å². The van der Waals surface area contributed by atoms with Crippen LogP contribution in [0.25, 0.3) is 16.8 Å². The second kappa shape index (κ2) is 6.54. The largest absolute Gasteiger partial charge is 0.383 e. The molecule has 2 atom stereocenters. The van der Waals surface area contributed by atoms with Gasteiger partial charge >= 0.3 is 0 Å². The van der Waals surface area contributed by atoms with Crippen LogP contribution in [0.4, 0.5) is 5.82 Å². The summed E-state index contributed by atoms with van der Waals surface area (Å²) in [5, 5.41) is 11.3. The third kappa shape index (κ3) is 2.95. The van der Waals surface area contributed by atoms with E-state index < -0.39 is 0 Å². The van der Waals surface area contributed by atoms with Crippen LogP contribution in [-0.4, -0.2) is 51.9 Å². The number of anilines is 1. The fourth-order valence-corrected chi connectivity index (χ4v) is 3.16. The first kappa shape index (κ1) is 15.0. The highest BCUT2D eigenvalue weighted by Gasteiger charge is 2.24. The van der Waals surface area contributed by atoms with Crippen LogP contribution in [0.15, 0.2) is 43.0 Å². The highest BCUT2D eigenvalue weighted by Crippen LogP contribution is 2.23. The summed E-state index contributed by atoms with van der Waals surface area (Å²) in [7, 11) is 1.73. The Hall–Kier alpha value is -2.51. The van der Waals surface area contributed by atoms with Crippen molar-refractivity contribution in [2.45, 2.75) is 18.5 Å². The van der Waals surface area contributed by atoms with E-state index in [9.17, 15) is 0 Å². The molecule has 1 aliphatic rings. The van der Waals surface area contributed by atoms with Gasteiger partial charge in [0, 0.05) is 37.5 Å². The Bertz CT molecular complexity index is 833. The molecule has 1 aliphatic heterocycles. The van der Waals surface area contributed by atoms with Crippen LogP contribution in [-0.2, 0) is 4.74 Å². The first-order chi connectivity index (χ1) is 11.8. The summed E-state index contributed by atoms with van der Waals surface area (Å²) in [5.41, 5.74) is 2.82. The van der Waals surface area contributed by atoms with Crippen molar-refractivity contribution in [2.75, 3.05) is 25.6 Å². The Kier molecular flexibility index (Phi) is 4.10. The highest BCUT2D eigenvalue weighted by atomic mass is 16.5. The van der Waals surface area contributed by atoms with E-state index in [4.69, 9.17) is 9.72 Å². The zero-order chi connectivity index (χ0) is 16.4. The molecule has 4 rings (SSSR count). The molecule has 2 unspecified atom stereocenters. The number of rotatable bonds is 5. The summed E-state index contributed by atoms with van der Waals surface area (Å²) in [4.78, 5) is 9.05. The zero-order valence-corrected chi connectivity index (χ0v) is 13.5. The number of nitrogens with one attached hydrogen (secondary N) is 2. The number of hydrogen-bond acceptors (Lipinski definition) is 6. The van der Waals surface area contributed by atoms with E-state index in [2.05, 4.69) is 20.7 Å². The Morgan fingerprint density at radius 1 is 1.33 bits per heavy atom. The lowest BCUT2D eigenvalue weighted by atomic mass is 10.2. The molecular weight excluding hydrogens is 304 g/mol. The minimum Gasteiger partial charge on any atom is -0.383 e. The molecule has 7 nitrogen and oxygen atoms in total. The molecule has 1 fully saturated rings. The Morgan fingerprint density at radius 2 is 2.29 bits per heavy atom. The quantitative estimate of drug-likeness (QED) is 0.742. The van der Waals surface area contributed by atoms with Gasteiger partial charge in [0.2, 0.25) is 0 Å². The molecule has 1 saturated heterocycles. The van der Waals surface area contributed by atoms with Crippen molar-refractivity contribution in [1.82, 2.24) is 24.9 Å². The van der Waals surface area contributed by atoms with Crippen LogP contribution in [0, 0.1) is 0 Å². The monoisotopic (exact) mass is 324 g/mol. The lowest BCUT2D eigenvalue weighted by Gasteiger charge is -2.13. The second-order valence-electron chi connectivity index (χ2n) is 6.02. The molecule has 2 N–H and O–H groups in total. The maximum absolute atomic E-state index is 5.21. The van der Waals surface area contributed by atoms with Crippen molar-refractivity contribution in [3.05, 3.63) is 43.0 Å². The van der Waals surface area contributed by atoms with Gasteiger partial charge in [0.05, 0.1) is 36.4 Å².